The van der Waals surface area contributed by atoms with Crippen molar-refractivity contribution in [1.29, 1.82) is 0 Å². The SMILES string of the molecule is FC(F)n1ncc2ccc([B-](F)(F)F)cc21.[K+]. The fourth-order valence-corrected chi connectivity index (χ4v) is 1.41. The van der Waals surface area contributed by atoms with Gasteiger partial charge in [-0.1, -0.05) is 18.2 Å². The Morgan fingerprint density at radius 2 is 1.82 bits per heavy atom. The molecule has 2 nitrogen and oxygen atoms in total. The number of rotatable bonds is 2. The summed E-state index contributed by atoms with van der Waals surface area (Å²) in [4.78, 5) is 0. The first-order valence-corrected chi connectivity index (χ1v) is 4.35. The molecule has 0 unspecified atom stereocenters. The average Bonchev–Trinajstić information content (AvgIpc) is 2.58. The predicted molar refractivity (Wildman–Crippen MR) is 49.7 cm³/mol. The Balaban J connectivity index is 0.00000144. The van der Waals surface area contributed by atoms with E-state index in [1.807, 2.05) is 0 Å². The van der Waals surface area contributed by atoms with Gasteiger partial charge in [0.1, 0.15) is 0 Å². The first-order valence-electron chi connectivity index (χ1n) is 4.35. The van der Waals surface area contributed by atoms with Gasteiger partial charge in [0.05, 0.1) is 11.7 Å². The Labute approximate surface area is 136 Å². The van der Waals surface area contributed by atoms with Crippen molar-refractivity contribution in [2.75, 3.05) is 0 Å². The van der Waals surface area contributed by atoms with Gasteiger partial charge in [-0.2, -0.15) is 13.9 Å². The Morgan fingerprint density at radius 3 is 2.35 bits per heavy atom. The van der Waals surface area contributed by atoms with Gasteiger partial charge in [0.15, 0.2) is 0 Å². The molecule has 0 fully saturated rings. The molecule has 2 aromatic rings. The smallest absolute Gasteiger partial charge is 0.445 e. The molecule has 0 bridgehead atoms. The standard InChI is InChI=1S/C8H5BF5N2.K/c10-8(11)16-7-3-6(9(12,13)14)2-1-5(7)4-15-16;/h1-4,8H;/q-1;+1. The number of hydrogen-bond acceptors (Lipinski definition) is 1. The Kier molecular flexibility index (Phi) is 4.75. The number of fused-ring (bicyclic) bond motifs is 1. The van der Waals surface area contributed by atoms with Gasteiger partial charge in [0, 0.05) is 5.39 Å². The molecule has 2 rings (SSSR count). The van der Waals surface area contributed by atoms with Gasteiger partial charge in [-0.05, 0) is 0 Å². The van der Waals surface area contributed by atoms with E-state index in [1.54, 1.807) is 0 Å². The maximum absolute atomic E-state index is 12.4. The second kappa shape index (κ2) is 5.35. The van der Waals surface area contributed by atoms with E-state index in [9.17, 15) is 21.7 Å². The minimum atomic E-state index is -5.19. The molecule has 0 aliphatic carbocycles. The number of aromatic nitrogens is 2. The second-order valence-electron chi connectivity index (χ2n) is 3.26. The van der Waals surface area contributed by atoms with E-state index in [1.165, 1.54) is 0 Å². The van der Waals surface area contributed by atoms with Gasteiger partial charge in [-0.15, -0.1) is 5.46 Å². The van der Waals surface area contributed by atoms with E-state index in [4.69, 9.17) is 0 Å². The van der Waals surface area contributed by atoms with Crippen LogP contribution in [-0.2, 0) is 0 Å². The molecule has 0 spiro atoms. The quantitative estimate of drug-likeness (QED) is 0.533. The summed E-state index contributed by atoms with van der Waals surface area (Å²) in [6, 6.07) is 2.68. The number of halogens is 5. The van der Waals surface area contributed by atoms with E-state index >= 15 is 0 Å². The third-order valence-electron chi connectivity index (χ3n) is 2.19. The van der Waals surface area contributed by atoms with Crippen LogP contribution in [0, 0.1) is 0 Å². The van der Waals surface area contributed by atoms with Crippen molar-refractivity contribution in [1.82, 2.24) is 9.78 Å². The van der Waals surface area contributed by atoms with Crippen molar-refractivity contribution in [2.24, 2.45) is 0 Å². The molecule has 1 aromatic carbocycles. The Bertz CT molecular complexity index is 524. The summed E-state index contributed by atoms with van der Waals surface area (Å²) in [5.41, 5.74) is -1.12. The minimum absolute atomic E-state index is 0. The van der Waals surface area contributed by atoms with E-state index in [-0.39, 0.29) is 67.0 Å². The van der Waals surface area contributed by atoms with Crippen LogP contribution in [0.4, 0.5) is 21.7 Å². The number of alkyl halides is 2. The summed E-state index contributed by atoms with van der Waals surface area (Å²) in [7, 11) is 0. The van der Waals surface area contributed by atoms with E-state index in [0.717, 1.165) is 18.3 Å². The Morgan fingerprint density at radius 1 is 1.18 bits per heavy atom. The molecule has 1 aromatic heterocycles. The van der Waals surface area contributed by atoms with Crippen LogP contribution in [0.25, 0.3) is 10.9 Å². The molecule has 0 atom stereocenters. The molecular weight excluding hydrogens is 269 g/mol. The summed E-state index contributed by atoms with van der Waals surface area (Å²) in [5, 5.41) is 3.58. The average molecular weight is 274 g/mol. The van der Waals surface area contributed by atoms with Crippen LogP contribution < -0.4 is 56.8 Å². The van der Waals surface area contributed by atoms with Crippen LogP contribution in [0.5, 0.6) is 0 Å². The van der Waals surface area contributed by atoms with E-state index in [2.05, 4.69) is 5.10 Å². The zero-order valence-electron chi connectivity index (χ0n) is 8.75. The predicted octanol–water partition coefficient (Wildman–Crippen LogP) is -0.510. The topological polar surface area (TPSA) is 17.8 Å². The third kappa shape index (κ3) is 3.08. The molecule has 0 N–H and O–H groups in total. The van der Waals surface area contributed by atoms with Gasteiger partial charge in [0.25, 0.3) is 0 Å². The largest absolute Gasteiger partial charge is 1.00 e. The van der Waals surface area contributed by atoms with E-state index < -0.39 is 19.0 Å². The second-order valence-corrected chi connectivity index (χ2v) is 3.26. The molecule has 0 saturated carbocycles. The maximum atomic E-state index is 12.4. The Hall–Kier alpha value is 0.0413. The molecule has 0 radical (unpaired) electrons. The summed E-state index contributed by atoms with van der Waals surface area (Å²) in [6.07, 6.45) is 1.11. The first kappa shape index (κ1) is 15.1. The van der Waals surface area contributed by atoms with Crippen molar-refractivity contribution in [3.8, 4) is 0 Å². The number of hydrogen-bond donors (Lipinski definition) is 0. The van der Waals surface area contributed by atoms with Crippen LogP contribution in [0.15, 0.2) is 24.4 Å². The molecular formula is C8H5BF5KN2. The summed E-state index contributed by atoms with van der Waals surface area (Å²) < 4.78 is 62.2. The molecule has 0 aliphatic rings. The molecule has 0 amide bonds. The zero-order valence-corrected chi connectivity index (χ0v) is 11.9. The van der Waals surface area contributed by atoms with Crippen molar-refractivity contribution in [3.05, 3.63) is 24.4 Å². The van der Waals surface area contributed by atoms with Crippen LogP contribution in [0.2, 0.25) is 0 Å². The zero-order chi connectivity index (χ0) is 11.9. The normalized spacial score (nSPS) is 11.9. The molecule has 86 valence electrons. The number of nitrogens with zero attached hydrogens (tertiary/aromatic N) is 2. The van der Waals surface area contributed by atoms with Gasteiger partial charge < -0.3 is 12.9 Å². The van der Waals surface area contributed by atoms with Crippen LogP contribution in [0.3, 0.4) is 0 Å². The minimum Gasteiger partial charge on any atom is -0.445 e. The van der Waals surface area contributed by atoms with Crippen molar-refractivity contribution < 1.29 is 73.1 Å². The van der Waals surface area contributed by atoms with Crippen LogP contribution >= 0.6 is 0 Å². The number of benzene rings is 1. The van der Waals surface area contributed by atoms with Gasteiger partial charge in [0.2, 0.25) is 0 Å². The molecule has 0 aliphatic heterocycles. The van der Waals surface area contributed by atoms with Crippen molar-refractivity contribution in [3.63, 3.8) is 0 Å². The molecule has 9 heteroatoms. The summed E-state index contributed by atoms with van der Waals surface area (Å²) >= 11 is 0. The molecule has 1 heterocycles. The summed E-state index contributed by atoms with van der Waals surface area (Å²) in [5.74, 6) is 0. The van der Waals surface area contributed by atoms with Gasteiger partial charge in [-0.25, -0.2) is 4.68 Å². The molecule has 0 saturated heterocycles. The fourth-order valence-electron chi connectivity index (χ4n) is 1.41. The maximum Gasteiger partial charge on any atom is 1.00 e. The van der Waals surface area contributed by atoms with Crippen LogP contribution in [-0.4, -0.2) is 16.8 Å². The van der Waals surface area contributed by atoms with Crippen LogP contribution in [0.1, 0.15) is 6.55 Å². The van der Waals surface area contributed by atoms with Crippen molar-refractivity contribution in [2.45, 2.75) is 6.55 Å². The van der Waals surface area contributed by atoms with Gasteiger partial charge >= 0.3 is 64.9 Å². The molecule has 17 heavy (non-hydrogen) atoms. The van der Waals surface area contributed by atoms with Crippen molar-refractivity contribution >= 4 is 23.3 Å². The fraction of sp³-hybridized carbons (Fsp3) is 0.125. The summed E-state index contributed by atoms with van der Waals surface area (Å²) in [6.45, 7) is -8.14. The van der Waals surface area contributed by atoms with Gasteiger partial charge in [-0.3, -0.25) is 0 Å². The monoisotopic (exact) mass is 274 g/mol. The van der Waals surface area contributed by atoms with E-state index in [0.29, 0.717) is 6.07 Å². The first-order chi connectivity index (χ1) is 7.39. The third-order valence-corrected chi connectivity index (χ3v) is 2.19.